The highest BCUT2D eigenvalue weighted by Crippen LogP contribution is 2.33. The summed E-state index contributed by atoms with van der Waals surface area (Å²) < 4.78 is 13.4. The van der Waals surface area contributed by atoms with Crippen LogP contribution in [-0.4, -0.2) is 13.2 Å². The Hall–Kier alpha value is -7.42. The molecule has 0 amide bonds. The van der Waals surface area contributed by atoms with E-state index >= 15 is 0 Å². The van der Waals surface area contributed by atoms with E-state index in [0.717, 1.165) is 57.7 Å². The van der Waals surface area contributed by atoms with Crippen LogP contribution in [0.3, 0.4) is 0 Å². The minimum Gasteiger partial charge on any atom is -0.493 e. The van der Waals surface area contributed by atoms with Gasteiger partial charge in [0.25, 0.3) is 0 Å². The highest BCUT2D eigenvalue weighted by atomic mass is 16.5. The van der Waals surface area contributed by atoms with Crippen molar-refractivity contribution < 1.29 is 9.47 Å². The zero-order valence-electron chi connectivity index (χ0n) is 54.6. The molecular weight excluding hydrogens is 1060 g/mol. The third-order valence-electron chi connectivity index (χ3n) is 16.8. The molecule has 0 aromatic heterocycles. The van der Waals surface area contributed by atoms with Crippen molar-refractivity contribution in [3.05, 3.63) is 236 Å². The summed E-state index contributed by atoms with van der Waals surface area (Å²) in [6.07, 6.45) is 59.5. The van der Waals surface area contributed by atoms with E-state index < -0.39 is 0 Å². The first-order chi connectivity index (χ1) is 43.5. The predicted octanol–water partition coefficient (Wildman–Crippen LogP) is 26.0. The van der Waals surface area contributed by atoms with Gasteiger partial charge in [0.15, 0.2) is 0 Å². The molecule has 462 valence electrons. The predicted molar refractivity (Wildman–Crippen MR) is 391 cm³/mol. The number of unbranched alkanes of at least 4 members (excludes halogenated alkanes) is 20. The molecule has 0 N–H and O–H groups in total. The molecule has 0 saturated carbocycles. The standard InChI is InChI=1S/C86H106O2/c1-5-9-13-17-21-25-29-71-31-35-73(36-32-71)39-41-75-43-47-77(48-44-75)51-53-79-55-59-81(60-56-79)63-65-83-69-86(88-68-28-24-20-16-12-8-4)84(70-85(83)87-67-27-23-19-15-11-7-3)66-64-82-61-57-80(58-62-82)54-52-78-49-45-76(46-50-78)42-40-74-37-33-72(34-38-74)30-26-22-18-14-10-6-2/h31-66,69-70H,5-30,67-68H2,1-4H3/b41-39+,42-40+,53-51+,54-52+,65-63+,66-64+. The van der Waals surface area contributed by atoms with Crippen LogP contribution >= 0.6 is 0 Å². The quantitative estimate of drug-likeness (QED) is 0.0280. The van der Waals surface area contributed by atoms with Gasteiger partial charge in [-0.15, -0.1) is 0 Å². The number of benzene rings is 7. The molecule has 0 saturated heterocycles. The smallest absolute Gasteiger partial charge is 0.127 e. The summed E-state index contributed by atoms with van der Waals surface area (Å²) in [6.45, 7) is 10.5. The molecule has 0 heterocycles. The average Bonchev–Trinajstić information content (AvgIpc) is 3.16. The monoisotopic (exact) mass is 1170 g/mol. The van der Waals surface area contributed by atoms with Gasteiger partial charge >= 0.3 is 0 Å². The van der Waals surface area contributed by atoms with Gasteiger partial charge in [-0.25, -0.2) is 0 Å². The van der Waals surface area contributed by atoms with Gasteiger partial charge in [0.2, 0.25) is 0 Å². The summed E-state index contributed by atoms with van der Waals surface area (Å²) in [5, 5.41) is 0. The fourth-order valence-electron chi connectivity index (χ4n) is 11.1. The molecule has 0 atom stereocenters. The molecule has 0 spiro atoms. The molecule has 0 aliphatic heterocycles. The molecule has 0 unspecified atom stereocenters. The Morgan fingerprint density at radius 3 is 0.648 bits per heavy atom. The fourth-order valence-corrected chi connectivity index (χ4v) is 11.1. The summed E-state index contributed by atoms with van der Waals surface area (Å²) in [4.78, 5) is 0. The molecular formula is C86H106O2. The van der Waals surface area contributed by atoms with Crippen LogP contribution in [0.2, 0.25) is 0 Å². The first-order valence-electron chi connectivity index (χ1n) is 34.6. The molecule has 0 radical (unpaired) electrons. The normalized spacial score (nSPS) is 12.0. The number of aryl methyl sites for hydroxylation is 2. The number of hydrogen-bond acceptors (Lipinski definition) is 2. The summed E-state index contributed by atoms with van der Waals surface area (Å²) >= 11 is 0. The third kappa shape index (κ3) is 26.9. The van der Waals surface area contributed by atoms with Crippen molar-refractivity contribution in [1.82, 2.24) is 0 Å². The number of ether oxygens (including phenoxy) is 2. The largest absolute Gasteiger partial charge is 0.493 e. The number of rotatable bonds is 42. The molecule has 7 aromatic carbocycles. The topological polar surface area (TPSA) is 18.5 Å². The van der Waals surface area contributed by atoms with Crippen molar-refractivity contribution in [2.45, 2.75) is 195 Å². The molecule has 0 bridgehead atoms. The van der Waals surface area contributed by atoms with Crippen molar-refractivity contribution >= 4 is 72.9 Å². The van der Waals surface area contributed by atoms with E-state index in [1.165, 1.54) is 199 Å². The lowest BCUT2D eigenvalue weighted by Crippen LogP contribution is -2.03. The molecule has 0 aliphatic carbocycles. The van der Waals surface area contributed by atoms with E-state index in [1.807, 2.05) is 0 Å². The van der Waals surface area contributed by atoms with Gasteiger partial charge < -0.3 is 9.47 Å². The lowest BCUT2D eigenvalue weighted by atomic mass is 10.0. The SMILES string of the molecule is CCCCCCCCOc1cc(/C=C/c2ccc(/C=C/c3ccc(/C=C/c4ccc(CCCCCCCC)cc4)cc3)cc2)c(OCCCCCCCC)cc1/C=C/c1ccc(/C=C/c2ccc(/C=C/c3ccc(CCCCCCCC)cc3)cc2)cc1. The Balaban J connectivity index is 0.976. The highest BCUT2D eigenvalue weighted by molar-refractivity contribution is 5.80. The van der Waals surface area contributed by atoms with Gasteiger partial charge in [-0.05, 0) is 117 Å². The number of hydrogen-bond donors (Lipinski definition) is 0. The van der Waals surface area contributed by atoms with Crippen molar-refractivity contribution in [2.75, 3.05) is 13.2 Å². The van der Waals surface area contributed by atoms with Gasteiger partial charge in [0.1, 0.15) is 11.5 Å². The molecule has 2 nitrogen and oxygen atoms in total. The second-order valence-corrected chi connectivity index (χ2v) is 24.3. The lowest BCUT2D eigenvalue weighted by molar-refractivity contribution is 0.295. The molecule has 0 aliphatic rings. The van der Waals surface area contributed by atoms with Gasteiger partial charge in [-0.1, -0.05) is 375 Å². The minimum absolute atomic E-state index is 0.687. The van der Waals surface area contributed by atoms with E-state index in [-0.39, 0.29) is 0 Å². The van der Waals surface area contributed by atoms with E-state index in [2.05, 4.69) is 258 Å². The zero-order chi connectivity index (χ0) is 61.3. The van der Waals surface area contributed by atoms with E-state index in [1.54, 1.807) is 0 Å². The molecule has 0 fully saturated rings. The molecule has 88 heavy (non-hydrogen) atoms. The van der Waals surface area contributed by atoms with E-state index in [4.69, 9.17) is 9.47 Å². The maximum absolute atomic E-state index is 6.69. The Kier molecular flexibility index (Phi) is 32.2. The van der Waals surface area contributed by atoms with Crippen molar-refractivity contribution in [3.8, 4) is 11.5 Å². The Bertz CT molecular complexity index is 2940. The van der Waals surface area contributed by atoms with Crippen molar-refractivity contribution in [1.29, 1.82) is 0 Å². The molecule has 7 rings (SSSR count). The van der Waals surface area contributed by atoms with E-state index in [9.17, 15) is 0 Å². The van der Waals surface area contributed by atoms with Crippen molar-refractivity contribution in [3.63, 3.8) is 0 Å². The second-order valence-electron chi connectivity index (χ2n) is 24.3. The maximum Gasteiger partial charge on any atom is 0.127 e. The van der Waals surface area contributed by atoms with Gasteiger partial charge in [-0.3, -0.25) is 0 Å². The highest BCUT2D eigenvalue weighted by Gasteiger charge is 2.11. The van der Waals surface area contributed by atoms with Crippen LogP contribution in [-0.2, 0) is 12.8 Å². The summed E-state index contributed by atoms with van der Waals surface area (Å²) in [5.41, 5.74) is 16.8. The van der Waals surface area contributed by atoms with Gasteiger partial charge in [0, 0.05) is 11.1 Å². The van der Waals surface area contributed by atoms with Crippen LogP contribution < -0.4 is 9.47 Å². The molecule has 7 aromatic rings. The Labute approximate surface area is 534 Å². The third-order valence-corrected chi connectivity index (χ3v) is 16.8. The second kappa shape index (κ2) is 41.7. The van der Waals surface area contributed by atoms with Crippen LogP contribution in [0.1, 0.15) is 260 Å². The average molecular weight is 1170 g/mol. The summed E-state index contributed by atoms with van der Waals surface area (Å²) in [6, 6.07) is 57.7. The lowest BCUT2D eigenvalue weighted by Gasteiger charge is -2.15. The van der Waals surface area contributed by atoms with Crippen LogP contribution in [0, 0.1) is 0 Å². The molecule has 2 heteroatoms. The van der Waals surface area contributed by atoms with E-state index in [0.29, 0.717) is 13.2 Å². The van der Waals surface area contributed by atoms with Crippen LogP contribution in [0.15, 0.2) is 158 Å². The van der Waals surface area contributed by atoms with Crippen LogP contribution in [0.25, 0.3) is 72.9 Å². The van der Waals surface area contributed by atoms with Crippen LogP contribution in [0.5, 0.6) is 11.5 Å². The zero-order valence-corrected chi connectivity index (χ0v) is 54.6. The first-order valence-corrected chi connectivity index (χ1v) is 34.6. The van der Waals surface area contributed by atoms with Gasteiger partial charge in [0.05, 0.1) is 13.2 Å². The summed E-state index contributed by atoms with van der Waals surface area (Å²) in [7, 11) is 0. The Morgan fingerprint density at radius 1 is 0.216 bits per heavy atom. The maximum atomic E-state index is 6.69. The van der Waals surface area contributed by atoms with Crippen LogP contribution in [0.4, 0.5) is 0 Å². The van der Waals surface area contributed by atoms with Crippen molar-refractivity contribution in [2.24, 2.45) is 0 Å². The minimum atomic E-state index is 0.687. The summed E-state index contributed by atoms with van der Waals surface area (Å²) in [5.74, 6) is 1.77. The Morgan fingerprint density at radius 2 is 0.409 bits per heavy atom. The van der Waals surface area contributed by atoms with Gasteiger partial charge in [-0.2, -0.15) is 0 Å². The fraction of sp³-hybridized carbons (Fsp3) is 0.372. The first kappa shape index (κ1) is 68.1.